The summed E-state index contributed by atoms with van der Waals surface area (Å²) < 4.78 is 6.30. The second-order valence-corrected chi connectivity index (χ2v) is 8.44. The molecule has 2 aromatic carbocycles. The molecule has 10 heteroatoms. The van der Waals surface area contributed by atoms with Crippen LogP contribution in [0.5, 0.6) is 5.75 Å². The van der Waals surface area contributed by atoms with Crippen LogP contribution in [0.15, 0.2) is 40.9 Å². The molecule has 154 valence electrons. The third-order valence-electron chi connectivity index (χ3n) is 3.46. The topological polar surface area (TPSA) is 79.5 Å². The van der Waals surface area contributed by atoms with Crippen LogP contribution in [0.25, 0.3) is 0 Å². The van der Waals surface area contributed by atoms with Crippen molar-refractivity contribution in [1.29, 1.82) is 0 Å². The highest BCUT2D eigenvalue weighted by molar-refractivity contribution is 9.10. The van der Waals surface area contributed by atoms with Crippen LogP contribution in [0.1, 0.15) is 34.6 Å². The van der Waals surface area contributed by atoms with E-state index < -0.39 is 11.8 Å². The second kappa shape index (κ2) is 10.8. The quantitative estimate of drug-likeness (QED) is 0.393. The highest BCUT2D eigenvalue weighted by atomic mass is 79.9. The number of hydrogen-bond donors (Lipinski definition) is 3. The number of carbonyl (C=O) groups excluding carboxylic acids is 2. The lowest BCUT2D eigenvalue weighted by Gasteiger charge is -2.13. The van der Waals surface area contributed by atoms with E-state index in [0.717, 1.165) is 0 Å². The number of thiocarbonyl (C=S) groups is 1. The Morgan fingerprint density at radius 3 is 2.45 bits per heavy atom. The summed E-state index contributed by atoms with van der Waals surface area (Å²) in [4.78, 5) is 24.5. The second-order valence-electron chi connectivity index (χ2n) is 6.34. The van der Waals surface area contributed by atoms with E-state index in [2.05, 4.69) is 32.1 Å². The first-order valence-corrected chi connectivity index (χ1v) is 10.4. The van der Waals surface area contributed by atoms with Crippen LogP contribution < -0.4 is 20.9 Å². The first-order chi connectivity index (χ1) is 13.7. The number of hydrogen-bond acceptors (Lipinski definition) is 4. The SMILES string of the molecule is CC(C)COc1ccc(C(=O)NC(=S)NNC(=O)c2ccc(Cl)cc2Cl)cc1Br. The molecule has 0 radical (unpaired) electrons. The van der Waals surface area contributed by atoms with Crippen LogP contribution >= 0.6 is 51.3 Å². The van der Waals surface area contributed by atoms with Gasteiger partial charge in [-0.1, -0.05) is 37.0 Å². The maximum absolute atomic E-state index is 12.3. The van der Waals surface area contributed by atoms with Crippen LogP contribution in [0.4, 0.5) is 0 Å². The number of halogens is 3. The van der Waals surface area contributed by atoms with Gasteiger partial charge in [0.15, 0.2) is 5.11 Å². The van der Waals surface area contributed by atoms with Crippen molar-refractivity contribution in [1.82, 2.24) is 16.2 Å². The van der Waals surface area contributed by atoms with Crippen LogP contribution in [0.3, 0.4) is 0 Å². The Morgan fingerprint density at radius 1 is 1.10 bits per heavy atom. The molecule has 0 aliphatic heterocycles. The Hall–Kier alpha value is -1.87. The van der Waals surface area contributed by atoms with Gasteiger partial charge in [0, 0.05) is 10.6 Å². The molecule has 0 atom stereocenters. The van der Waals surface area contributed by atoms with Crippen LogP contribution in [-0.4, -0.2) is 23.5 Å². The Morgan fingerprint density at radius 2 is 1.83 bits per heavy atom. The van der Waals surface area contributed by atoms with E-state index in [1.807, 2.05) is 13.8 Å². The highest BCUT2D eigenvalue weighted by Gasteiger charge is 2.13. The fraction of sp³-hybridized carbons (Fsp3) is 0.211. The molecule has 0 aliphatic rings. The molecule has 0 aliphatic carbocycles. The minimum atomic E-state index is -0.530. The molecule has 0 fully saturated rings. The summed E-state index contributed by atoms with van der Waals surface area (Å²) in [5.41, 5.74) is 5.39. The number of nitrogens with one attached hydrogen (secondary N) is 3. The van der Waals surface area contributed by atoms with Gasteiger partial charge in [-0.15, -0.1) is 0 Å². The maximum Gasteiger partial charge on any atom is 0.271 e. The molecular weight excluding hydrogens is 501 g/mol. The summed E-state index contributed by atoms with van der Waals surface area (Å²) in [5.74, 6) is 0.0457. The first-order valence-electron chi connectivity index (χ1n) is 8.46. The minimum Gasteiger partial charge on any atom is -0.492 e. The van der Waals surface area contributed by atoms with E-state index >= 15 is 0 Å². The van der Waals surface area contributed by atoms with Gasteiger partial charge in [0.1, 0.15) is 5.75 Å². The number of rotatable bonds is 5. The lowest BCUT2D eigenvalue weighted by molar-refractivity contribution is 0.0934. The minimum absolute atomic E-state index is 0.0790. The third-order valence-corrected chi connectivity index (χ3v) is 4.83. The van der Waals surface area contributed by atoms with Crippen molar-refractivity contribution < 1.29 is 14.3 Å². The predicted molar refractivity (Wildman–Crippen MR) is 122 cm³/mol. The number of benzene rings is 2. The van der Waals surface area contributed by atoms with Gasteiger partial charge in [-0.05, 0) is 70.5 Å². The van der Waals surface area contributed by atoms with Crippen molar-refractivity contribution in [3.05, 3.63) is 62.0 Å². The molecule has 2 amide bonds. The first kappa shape index (κ1) is 23.4. The van der Waals surface area contributed by atoms with Gasteiger partial charge in [0.05, 0.1) is 21.7 Å². The third kappa shape index (κ3) is 7.15. The monoisotopic (exact) mass is 517 g/mol. The lowest BCUT2D eigenvalue weighted by Crippen LogP contribution is -2.48. The summed E-state index contributed by atoms with van der Waals surface area (Å²) in [7, 11) is 0. The van der Waals surface area contributed by atoms with Gasteiger partial charge in [0.2, 0.25) is 0 Å². The molecular formula is C19H18BrCl2N3O3S. The fourth-order valence-corrected chi connectivity index (χ4v) is 3.21. The van der Waals surface area contributed by atoms with Crippen molar-refractivity contribution in [3.63, 3.8) is 0 Å². The van der Waals surface area contributed by atoms with Gasteiger partial charge in [-0.3, -0.25) is 25.8 Å². The van der Waals surface area contributed by atoms with Crippen molar-refractivity contribution >= 4 is 68.3 Å². The largest absolute Gasteiger partial charge is 0.492 e. The van der Waals surface area contributed by atoms with Crippen molar-refractivity contribution in [2.24, 2.45) is 5.92 Å². The van der Waals surface area contributed by atoms with E-state index in [-0.39, 0.29) is 15.7 Å². The molecule has 0 aromatic heterocycles. The van der Waals surface area contributed by atoms with Gasteiger partial charge in [-0.25, -0.2) is 0 Å². The highest BCUT2D eigenvalue weighted by Crippen LogP contribution is 2.26. The Bertz CT molecular complexity index is 941. The summed E-state index contributed by atoms with van der Waals surface area (Å²) in [5, 5.41) is 3.00. The zero-order valence-electron chi connectivity index (χ0n) is 15.5. The summed E-state index contributed by atoms with van der Waals surface area (Å²) in [6.45, 7) is 4.65. The molecule has 29 heavy (non-hydrogen) atoms. The van der Waals surface area contributed by atoms with E-state index in [4.69, 9.17) is 40.2 Å². The molecule has 0 spiro atoms. The zero-order chi connectivity index (χ0) is 21.6. The number of carbonyl (C=O) groups is 2. The lowest BCUT2D eigenvalue weighted by atomic mass is 10.2. The Balaban J connectivity index is 1.91. The van der Waals surface area contributed by atoms with Gasteiger partial charge < -0.3 is 4.74 Å². The average Bonchev–Trinajstić information content (AvgIpc) is 2.64. The fourth-order valence-electron chi connectivity index (χ4n) is 2.08. The van der Waals surface area contributed by atoms with Crippen LogP contribution in [0, 0.1) is 5.92 Å². The van der Waals surface area contributed by atoms with Gasteiger partial charge >= 0.3 is 0 Å². The summed E-state index contributed by atoms with van der Waals surface area (Å²) in [6, 6.07) is 9.40. The predicted octanol–water partition coefficient (Wildman–Crippen LogP) is 4.74. The van der Waals surface area contributed by atoms with Crippen LogP contribution in [0.2, 0.25) is 10.0 Å². The van der Waals surface area contributed by atoms with E-state index in [0.29, 0.717) is 33.3 Å². The zero-order valence-corrected chi connectivity index (χ0v) is 19.4. The molecule has 3 N–H and O–H groups in total. The van der Waals surface area contributed by atoms with Crippen molar-refractivity contribution in [2.75, 3.05) is 6.61 Å². The smallest absolute Gasteiger partial charge is 0.271 e. The van der Waals surface area contributed by atoms with E-state index in [1.54, 1.807) is 18.2 Å². The molecule has 0 saturated heterocycles. The number of ether oxygens (including phenoxy) is 1. The number of hydrazine groups is 1. The molecule has 0 bridgehead atoms. The Kier molecular flexibility index (Phi) is 8.70. The van der Waals surface area contributed by atoms with Crippen LogP contribution in [-0.2, 0) is 0 Å². The molecule has 2 rings (SSSR count). The molecule has 6 nitrogen and oxygen atoms in total. The average molecular weight is 519 g/mol. The molecule has 0 unspecified atom stereocenters. The summed E-state index contributed by atoms with van der Waals surface area (Å²) >= 11 is 20.2. The number of amides is 2. The molecule has 2 aromatic rings. The van der Waals surface area contributed by atoms with Gasteiger partial charge in [-0.2, -0.15) is 0 Å². The molecule has 0 saturated carbocycles. The van der Waals surface area contributed by atoms with Gasteiger partial charge in [0.25, 0.3) is 11.8 Å². The normalized spacial score (nSPS) is 10.4. The van der Waals surface area contributed by atoms with E-state index in [1.165, 1.54) is 18.2 Å². The van der Waals surface area contributed by atoms with Crippen molar-refractivity contribution in [3.8, 4) is 5.75 Å². The molecule has 0 heterocycles. The summed E-state index contributed by atoms with van der Waals surface area (Å²) in [6.07, 6.45) is 0. The van der Waals surface area contributed by atoms with Crippen molar-refractivity contribution in [2.45, 2.75) is 13.8 Å². The van der Waals surface area contributed by atoms with E-state index in [9.17, 15) is 9.59 Å². The maximum atomic E-state index is 12.3. The standard InChI is InChI=1S/C19H18BrCl2N3O3S/c1-10(2)9-28-16-6-3-11(7-14(16)20)17(26)23-19(29)25-24-18(27)13-5-4-12(21)8-15(13)22/h3-8,10H,9H2,1-2H3,(H,24,27)(H2,23,25,26,29). The Labute approximate surface area is 192 Å².